The van der Waals surface area contributed by atoms with Crippen molar-refractivity contribution < 1.29 is 17.6 Å². The summed E-state index contributed by atoms with van der Waals surface area (Å²) >= 11 is 0. The van der Waals surface area contributed by atoms with Crippen LogP contribution in [0.3, 0.4) is 0 Å². The Balaban J connectivity index is 1.48. The highest BCUT2D eigenvalue weighted by Gasteiger charge is 2.57. The molecule has 0 aliphatic heterocycles. The van der Waals surface area contributed by atoms with Crippen LogP contribution in [0, 0.1) is 18.2 Å². The first-order valence-corrected chi connectivity index (χ1v) is 14.3. The van der Waals surface area contributed by atoms with Crippen molar-refractivity contribution in [2.24, 2.45) is 5.41 Å². The number of hydrogen-bond donors (Lipinski definition) is 0. The third kappa shape index (κ3) is 4.03. The highest BCUT2D eigenvalue weighted by Crippen LogP contribution is 2.55. The van der Waals surface area contributed by atoms with E-state index in [2.05, 4.69) is 15.3 Å². The minimum atomic E-state index is -3.78. The molecule has 9 heteroatoms. The minimum absolute atomic E-state index is 0.0975. The molecule has 7 nitrogen and oxygen atoms in total. The van der Waals surface area contributed by atoms with Crippen LogP contribution < -0.4 is 0 Å². The van der Waals surface area contributed by atoms with Crippen molar-refractivity contribution in [1.29, 1.82) is 0 Å². The number of nitrogens with zero attached hydrogens (tertiary/aromatic N) is 4. The van der Waals surface area contributed by atoms with Gasteiger partial charge in [-0.15, -0.1) is 5.10 Å². The first-order chi connectivity index (χ1) is 18.6. The number of hydrogen-bond acceptors (Lipinski definition) is 6. The lowest BCUT2D eigenvalue weighted by molar-refractivity contribution is 0.0771. The van der Waals surface area contributed by atoms with Gasteiger partial charge in [-0.3, -0.25) is 9.78 Å². The van der Waals surface area contributed by atoms with Crippen LogP contribution in [0.1, 0.15) is 53.6 Å². The number of aryl methyl sites for hydroxylation is 1. The predicted octanol–water partition coefficient (Wildman–Crippen LogP) is 5.34. The SMILES string of the molecule is Cc1ccc(S(=O)(=O)[C@@]2(C)CCC3=Cc4c(nnn4-c4ccc(F)cc4)C[C@]3(C(=O)c3ccccn3)C2)cc1. The fraction of sp³-hybridized carbons (Fsp3) is 0.267. The van der Waals surface area contributed by atoms with Crippen molar-refractivity contribution in [2.75, 3.05) is 0 Å². The van der Waals surface area contributed by atoms with Crippen LogP contribution in [0.25, 0.3) is 11.8 Å². The Bertz CT molecular complexity index is 1710. The Hall–Kier alpha value is -3.98. The van der Waals surface area contributed by atoms with Crippen molar-refractivity contribution in [3.8, 4) is 5.69 Å². The van der Waals surface area contributed by atoms with Gasteiger partial charge in [0.05, 0.1) is 32.1 Å². The number of allylic oxidation sites excluding steroid dienone is 1. The van der Waals surface area contributed by atoms with E-state index in [1.54, 1.807) is 72.4 Å². The molecule has 0 radical (unpaired) electrons. The van der Waals surface area contributed by atoms with Crippen LogP contribution in [0.2, 0.25) is 0 Å². The molecular formula is C30H27FN4O3S. The number of halogens is 1. The van der Waals surface area contributed by atoms with Crippen LogP contribution in [-0.2, 0) is 16.3 Å². The molecule has 4 aromatic rings. The molecule has 0 bridgehead atoms. The number of fused-ring (bicyclic) bond motifs is 2. The molecule has 0 N–H and O–H groups in total. The largest absolute Gasteiger partial charge is 0.291 e. The van der Waals surface area contributed by atoms with Crippen LogP contribution >= 0.6 is 0 Å². The van der Waals surface area contributed by atoms with Crippen molar-refractivity contribution in [2.45, 2.75) is 49.2 Å². The Morgan fingerprint density at radius 1 is 1.03 bits per heavy atom. The number of aromatic nitrogens is 4. The number of carbonyl (C=O) groups is 1. The van der Waals surface area contributed by atoms with E-state index in [4.69, 9.17) is 0 Å². The number of rotatable bonds is 5. The molecule has 2 heterocycles. The van der Waals surface area contributed by atoms with E-state index in [0.717, 1.165) is 11.1 Å². The molecule has 2 aliphatic carbocycles. The van der Waals surface area contributed by atoms with Gasteiger partial charge < -0.3 is 0 Å². The summed E-state index contributed by atoms with van der Waals surface area (Å²) in [5, 5.41) is 8.71. The summed E-state index contributed by atoms with van der Waals surface area (Å²) in [6, 6.07) is 18.0. The Labute approximate surface area is 226 Å². The van der Waals surface area contributed by atoms with Crippen LogP contribution in [-0.4, -0.2) is 38.9 Å². The summed E-state index contributed by atoms with van der Waals surface area (Å²) in [6.45, 7) is 3.66. The lowest BCUT2D eigenvalue weighted by atomic mass is 9.59. The number of sulfone groups is 1. The molecule has 2 atom stereocenters. The average Bonchev–Trinajstić information content (AvgIpc) is 3.34. The zero-order chi connectivity index (χ0) is 27.4. The van der Waals surface area contributed by atoms with E-state index in [1.165, 1.54) is 12.1 Å². The second kappa shape index (κ2) is 9.05. The van der Waals surface area contributed by atoms with E-state index in [1.807, 2.05) is 13.0 Å². The van der Waals surface area contributed by atoms with Gasteiger partial charge in [-0.05, 0) is 87.7 Å². The molecule has 0 amide bonds. The molecule has 0 spiro atoms. The van der Waals surface area contributed by atoms with E-state index in [0.29, 0.717) is 29.9 Å². The van der Waals surface area contributed by atoms with Crippen LogP contribution in [0.15, 0.2) is 83.4 Å². The predicted molar refractivity (Wildman–Crippen MR) is 145 cm³/mol. The number of carbonyl (C=O) groups excluding carboxylic acids is 1. The summed E-state index contributed by atoms with van der Waals surface area (Å²) in [5.41, 5.74) is 2.90. The van der Waals surface area contributed by atoms with Gasteiger partial charge in [0.2, 0.25) is 0 Å². The van der Waals surface area contributed by atoms with Crippen molar-refractivity contribution >= 4 is 21.7 Å². The molecule has 1 saturated carbocycles. The second-order valence-electron chi connectivity index (χ2n) is 10.7. The zero-order valence-electron chi connectivity index (χ0n) is 21.6. The van der Waals surface area contributed by atoms with Gasteiger partial charge in [0, 0.05) is 12.6 Å². The fourth-order valence-corrected chi connectivity index (χ4v) is 7.83. The molecule has 2 aliphatic rings. The van der Waals surface area contributed by atoms with Crippen LogP contribution in [0.5, 0.6) is 0 Å². The molecule has 6 rings (SSSR count). The van der Waals surface area contributed by atoms with Crippen LogP contribution in [0.4, 0.5) is 4.39 Å². The highest BCUT2D eigenvalue weighted by atomic mass is 32.2. The molecule has 2 aromatic heterocycles. The Morgan fingerprint density at radius 3 is 2.46 bits per heavy atom. The molecule has 39 heavy (non-hydrogen) atoms. The Morgan fingerprint density at radius 2 is 1.77 bits per heavy atom. The number of pyridine rings is 1. The topological polar surface area (TPSA) is 94.8 Å². The monoisotopic (exact) mass is 542 g/mol. The van der Waals surface area contributed by atoms with Gasteiger partial charge >= 0.3 is 0 Å². The molecule has 0 saturated heterocycles. The van der Waals surface area contributed by atoms with Crippen molar-refractivity contribution in [3.05, 3.63) is 107 Å². The Kier molecular flexibility index (Phi) is 5.87. The van der Waals surface area contributed by atoms with Gasteiger partial charge in [-0.25, -0.2) is 17.5 Å². The van der Waals surface area contributed by atoms with E-state index in [9.17, 15) is 17.6 Å². The zero-order valence-corrected chi connectivity index (χ0v) is 22.5. The van der Waals surface area contributed by atoms with Gasteiger partial charge in [0.15, 0.2) is 15.6 Å². The van der Waals surface area contributed by atoms with Crippen molar-refractivity contribution in [3.63, 3.8) is 0 Å². The fourth-order valence-electron chi connectivity index (χ4n) is 5.96. The summed E-state index contributed by atoms with van der Waals surface area (Å²) in [7, 11) is -3.78. The van der Waals surface area contributed by atoms with E-state index >= 15 is 0 Å². The van der Waals surface area contributed by atoms with Gasteiger partial charge in [-0.1, -0.05) is 34.5 Å². The lowest BCUT2D eigenvalue weighted by Crippen LogP contribution is -2.51. The molecule has 2 aromatic carbocycles. The quantitative estimate of drug-likeness (QED) is 0.316. The summed E-state index contributed by atoms with van der Waals surface area (Å²) in [6.07, 6.45) is 4.55. The standard InChI is InChI=1S/C30H27FN4O3S/c1-20-6-12-24(13-7-20)39(37,38)29(2)15-14-21-17-27-26(33-34-35(27)23-10-8-22(31)9-11-23)18-30(21,19-29)28(36)25-5-3-4-16-32-25/h3-13,16-17H,14-15,18-19H2,1-2H3/t29-,30-/m0/s1. The molecule has 198 valence electrons. The lowest BCUT2D eigenvalue weighted by Gasteiger charge is -2.47. The summed E-state index contributed by atoms with van der Waals surface area (Å²) in [5.74, 6) is -0.575. The maximum Gasteiger partial charge on any atom is 0.191 e. The van der Waals surface area contributed by atoms with Crippen molar-refractivity contribution in [1.82, 2.24) is 20.0 Å². The number of benzene rings is 2. The van der Waals surface area contributed by atoms with E-state index in [-0.39, 0.29) is 35.0 Å². The van der Waals surface area contributed by atoms with Gasteiger partial charge in [0.1, 0.15) is 11.5 Å². The molecular weight excluding hydrogens is 515 g/mol. The first kappa shape index (κ1) is 25.3. The molecule has 0 unspecified atom stereocenters. The third-order valence-corrected chi connectivity index (χ3v) is 10.7. The number of Topliss-reactive ketones (excluding diaryl/α,β-unsaturated/α-hetero) is 1. The highest BCUT2D eigenvalue weighted by molar-refractivity contribution is 7.92. The third-order valence-electron chi connectivity index (χ3n) is 8.16. The maximum absolute atomic E-state index is 14.3. The smallest absolute Gasteiger partial charge is 0.191 e. The van der Waals surface area contributed by atoms with E-state index < -0.39 is 20.0 Å². The maximum atomic E-state index is 14.3. The summed E-state index contributed by atoms with van der Waals surface area (Å²) in [4.78, 5) is 18.9. The average molecular weight is 543 g/mol. The first-order valence-electron chi connectivity index (χ1n) is 12.8. The molecule has 1 fully saturated rings. The van der Waals surface area contributed by atoms with Gasteiger partial charge in [-0.2, -0.15) is 0 Å². The normalized spacial score (nSPS) is 22.5. The number of ketones is 1. The van der Waals surface area contributed by atoms with Gasteiger partial charge in [0.25, 0.3) is 0 Å². The minimum Gasteiger partial charge on any atom is -0.291 e. The second-order valence-corrected chi connectivity index (χ2v) is 13.2. The summed E-state index contributed by atoms with van der Waals surface area (Å²) < 4.78 is 42.1.